The van der Waals surface area contributed by atoms with Gasteiger partial charge in [0.25, 0.3) is 6.71 Å². The molecule has 17 aromatic rings. The molecule has 6 heterocycles. The minimum absolute atomic E-state index is 0.00540. The predicted molar refractivity (Wildman–Crippen MR) is 397 cm³/mol. The predicted octanol–water partition coefficient (Wildman–Crippen LogP) is 20.5. The van der Waals surface area contributed by atoms with Crippen LogP contribution in [0, 0.1) is 0 Å². The highest BCUT2D eigenvalue weighted by molar-refractivity contribution is 7.26. The Bertz CT molecular complexity index is 5710. The molecule has 2 aliphatic heterocycles. The Morgan fingerprint density at radius 1 is 0.284 bits per heavy atom. The maximum Gasteiger partial charge on any atom is 0.252 e. The fraction of sp³-hybridized carbons (Fsp3) is 0. The number of anilines is 6. The number of fused-ring (bicyclic) bond motifs is 11. The maximum absolute atomic E-state index is 5.81. The molecule has 0 unspecified atom stereocenters. The monoisotopic (exact) mass is 1230 g/mol. The van der Waals surface area contributed by atoms with Gasteiger partial charge in [-0.25, -0.2) is 19.9 Å². The maximum atomic E-state index is 5.81. The topological polar surface area (TPSA) is 63.0 Å². The van der Waals surface area contributed by atoms with Gasteiger partial charge in [-0.3, -0.25) is 0 Å². The van der Waals surface area contributed by atoms with Crippen LogP contribution in [0.2, 0.25) is 0 Å². The van der Waals surface area contributed by atoms with Crippen LogP contribution in [0.3, 0.4) is 0 Å². The molecule has 0 bridgehead atoms. The van der Waals surface area contributed by atoms with Crippen LogP contribution < -0.4 is 26.2 Å². The Balaban J connectivity index is 0.847. The molecule has 7 nitrogen and oxygen atoms in total. The molecule has 2 aliphatic rings. The molecular weight excluding hydrogens is 1170 g/mol. The molecule has 0 radical (unpaired) electrons. The van der Waals surface area contributed by atoms with Crippen molar-refractivity contribution in [1.29, 1.82) is 0 Å². The molecule has 13 aromatic carbocycles. The second-order valence-corrected chi connectivity index (χ2v) is 25.5. The Morgan fingerprint density at radius 3 is 1.42 bits per heavy atom. The highest BCUT2D eigenvalue weighted by Gasteiger charge is 2.43. The van der Waals surface area contributed by atoms with Crippen LogP contribution in [0.1, 0.15) is 0 Å². The third-order valence-electron chi connectivity index (χ3n) is 19.0. The number of hydrogen-bond acceptors (Lipinski definition) is 7. The van der Waals surface area contributed by atoms with Gasteiger partial charge in [0, 0.05) is 98.4 Å². The van der Waals surface area contributed by atoms with Gasteiger partial charge in [0.05, 0.1) is 39.5 Å². The molecule has 9 heteroatoms. The van der Waals surface area contributed by atoms with Crippen molar-refractivity contribution in [3.05, 3.63) is 328 Å². The number of thiophene rings is 1. The third kappa shape index (κ3) is 9.03. The molecule has 0 amide bonds. The summed E-state index contributed by atoms with van der Waals surface area (Å²) < 4.78 is 4.99. The molecule has 0 fully saturated rings. The quantitative estimate of drug-likeness (QED) is 0.127. The summed E-state index contributed by atoms with van der Waals surface area (Å²) in [6.45, 7) is -0.00540. The van der Waals surface area contributed by atoms with Crippen molar-refractivity contribution in [2.24, 2.45) is 0 Å². The van der Waals surface area contributed by atoms with E-state index in [1.807, 2.05) is 35.6 Å². The Hall–Kier alpha value is -12.3. The van der Waals surface area contributed by atoms with E-state index in [1.54, 1.807) is 0 Å². The molecule has 0 spiro atoms. The molecule has 0 aliphatic carbocycles. The highest BCUT2D eigenvalue weighted by Crippen LogP contribution is 2.49. The van der Waals surface area contributed by atoms with Crippen molar-refractivity contribution in [2.75, 3.05) is 9.80 Å². The molecule has 0 saturated carbocycles. The van der Waals surface area contributed by atoms with E-state index < -0.39 is 0 Å². The number of benzene rings is 13. The van der Waals surface area contributed by atoms with E-state index in [1.165, 1.54) is 58.7 Å². The van der Waals surface area contributed by atoms with Crippen LogP contribution in [0.15, 0.2) is 328 Å². The van der Waals surface area contributed by atoms with Crippen molar-refractivity contribution in [2.45, 2.75) is 0 Å². The molecule has 95 heavy (non-hydrogen) atoms. The van der Waals surface area contributed by atoms with Crippen molar-refractivity contribution in [3.63, 3.8) is 0 Å². The SMILES string of the molecule is c1ccc(-c2cc(-c3ccc(-n4c5ccccc5c5c6sc7ccccc7c6ccc54)c(-c4cc(-c5ccccc5)nc(-c5cccc(-c6cc7c8c(c6)N(c6ccccc6)c6ccccc6B8c6ccccc6N7c6ccccc6)c5)n4)c3)nc(-c3ccccc3)n2)cc1. The minimum atomic E-state index is -0.00540. The average Bonchev–Trinajstić information content (AvgIpc) is 0.949. The summed E-state index contributed by atoms with van der Waals surface area (Å²) in [5.74, 6) is 1.25. The van der Waals surface area contributed by atoms with E-state index in [2.05, 4.69) is 318 Å². The number of rotatable bonds is 10. The van der Waals surface area contributed by atoms with E-state index in [9.17, 15) is 0 Å². The number of aromatic nitrogens is 5. The highest BCUT2D eigenvalue weighted by atomic mass is 32.1. The summed E-state index contributed by atoms with van der Waals surface area (Å²) in [6.07, 6.45) is 0. The second kappa shape index (κ2) is 22.2. The van der Waals surface area contributed by atoms with Crippen LogP contribution in [0.4, 0.5) is 34.1 Å². The lowest BCUT2D eigenvalue weighted by molar-refractivity contribution is 1.15. The van der Waals surface area contributed by atoms with Crippen LogP contribution in [-0.2, 0) is 0 Å². The first-order valence-electron chi connectivity index (χ1n) is 32.2. The van der Waals surface area contributed by atoms with Gasteiger partial charge in [-0.1, -0.05) is 231 Å². The van der Waals surface area contributed by atoms with E-state index in [0.717, 1.165) is 107 Å². The van der Waals surface area contributed by atoms with Gasteiger partial charge in [-0.2, -0.15) is 0 Å². The lowest BCUT2D eigenvalue weighted by atomic mass is 9.33. The molecule has 0 atom stereocenters. The van der Waals surface area contributed by atoms with E-state index >= 15 is 0 Å². The fourth-order valence-corrected chi connectivity index (χ4v) is 16.0. The molecule has 0 saturated heterocycles. The van der Waals surface area contributed by atoms with E-state index in [4.69, 9.17) is 19.9 Å². The summed E-state index contributed by atoms with van der Waals surface area (Å²) in [5.41, 5.74) is 24.8. The summed E-state index contributed by atoms with van der Waals surface area (Å²) in [7, 11) is 0. The summed E-state index contributed by atoms with van der Waals surface area (Å²) in [4.78, 5) is 26.9. The lowest BCUT2D eigenvalue weighted by Crippen LogP contribution is -2.61. The van der Waals surface area contributed by atoms with Gasteiger partial charge < -0.3 is 14.4 Å². The molecular formula is C86H54BN7S. The number of para-hydroxylation sites is 5. The fourth-order valence-electron chi connectivity index (χ4n) is 14.7. The standard InChI is InChI=1S/C86H54BN7S/c1-6-25-55(26-7-1)70-53-72(90-85(88-70)57-29-10-3-11-30-57)59-45-47-75(94-74-41-20-16-38-66(74)82-78(94)48-46-65-64-37-17-23-44-81(64)95-84(65)82)67(50-59)73-54-71(56-27-8-2-9-28-56)89-86(91-73)60-32-24-31-58(49-60)61-51-79-83-80(52-61)93(63-35-14-5-15-36-63)77-43-22-19-40-69(77)87(83)68-39-18-21-42-76(68)92(79)62-33-12-4-13-34-62/h1-54H. The lowest BCUT2D eigenvalue weighted by Gasteiger charge is -2.44. The second-order valence-electron chi connectivity index (χ2n) is 24.4. The van der Waals surface area contributed by atoms with Gasteiger partial charge in [-0.15, -0.1) is 11.3 Å². The van der Waals surface area contributed by atoms with Crippen LogP contribution in [0.5, 0.6) is 0 Å². The first-order valence-corrected chi connectivity index (χ1v) is 33.0. The largest absolute Gasteiger partial charge is 0.311 e. The first kappa shape index (κ1) is 54.4. The Morgan fingerprint density at radius 2 is 0.779 bits per heavy atom. The van der Waals surface area contributed by atoms with Crippen LogP contribution in [0.25, 0.3) is 127 Å². The van der Waals surface area contributed by atoms with Crippen molar-refractivity contribution in [1.82, 2.24) is 24.5 Å². The van der Waals surface area contributed by atoms with E-state index in [0.29, 0.717) is 11.6 Å². The van der Waals surface area contributed by atoms with Gasteiger partial charge in [0.1, 0.15) is 0 Å². The van der Waals surface area contributed by atoms with Gasteiger partial charge in [0.2, 0.25) is 0 Å². The van der Waals surface area contributed by atoms with Crippen molar-refractivity contribution >= 4 is 111 Å². The zero-order valence-corrected chi connectivity index (χ0v) is 52.1. The molecule has 442 valence electrons. The van der Waals surface area contributed by atoms with Crippen molar-refractivity contribution < 1.29 is 0 Å². The molecule has 4 aromatic heterocycles. The van der Waals surface area contributed by atoms with Gasteiger partial charge >= 0.3 is 0 Å². The first-order chi connectivity index (χ1) is 47.1. The van der Waals surface area contributed by atoms with Crippen LogP contribution >= 0.6 is 11.3 Å². The smallest absolute Gasteiger partial charge is 0.252 e. The summed E-state index contributed by atoms with van der Waals surface area (Å²) in [6, 6.07) is 118. The zero-order chi connectivity index (χ0) is 62.5. The normalized spacial score (nSPS) is 12.4. The van der Waals surface area contributed by atoms with Crippen LogP contribution in [-0.4, -0.2) is 31.2 Å². The molecule has 19 rings (SSSR count). The van der Waals surface area contributed by atoms with Crippen molar-refractivity contribution in [3.8, 4) is 84.6 Å². The van der Waals surface area contributed by atoms with Gasteiger partial charge in [0.15, 0.2) is 11.6 Å². The minimum Gasteiger partial charge on any atom is -0.311 e. The number of hydrogen-bond donors (Lipinski definition) is 0. The molecule has 0 N–H and O–H groups in total. The Kier molecular flexibility index (Phi) is 12.7. The van der Waals surface area contributed by atoms with Gasteiger partial charge in [-0.05, 0) is 125 Å². The average molecular weight is 1230 g/mol. The van der Waals surface area contributed by atoms with E-state index in [-0.39, 0.29) is 6.71 Å². The summed E-state index contributed by atoms with van der Waals surface area (Å²) >= 11 is 1.86. The zero-order valence-electron chi connectivity index (χ0n) is 51.3. The Labute approximate surface area is 553 Å². The summed E-state index contributed by atoms with van der Waals surface area (Å²) in [5, 5.41) is 4.95. The third-order valence-corrected chi connectivity index (χ3v) is 20.2. The number of nitrogens with zero attached hydrogens (tertiary/aromatic N) is 7.